The molecule has 1 N–H and O–H groups in total. The van der Waals surface area contributed by atoms with Crippen molar-refractivity contribution in [3.63, 3.8) is 0 Å². The van der Waals surface area contributed by atoms with Crippen LogP contribution in [0.5, 0.6) is 0 Å². The molecule has 3 aromatic carbocycles. The van der Waals surface area contributed by atoms with Gasteiger partial charge in [0.1, 0.15) is 0 Å². The van der Waals surface area contributed by atoms with E-state index in [1.807, 2.05) is 43.3 Å². The number of benzene rings is 3. The molecular weight excluding hydrogens is 224 g/mol. The molecule has 0 bridgehead atoms. The van der Waals surface area contributed by atoms with Crippen LogP contribution >= 0.6 is 0 Å². The maximum Gasteiger partial charge on any atom is 0.336 e. The summed E-state index contributed by atoms with van der Waals surface area (Å²) in [7, 11) is 0. The highest BCUT2D eigenvalue weighted by atomic mass is 16.4. The summed E-state index contributed by atoms with van der Waals surface area (Å²) >= 11 is 0. The normalized spacial score (nSPS) is 10.9. The predicted octanol–water partition coefficient (Wildman–Crippen LogP) is 4.00. The van der Waals surface area contributed by atoms with Gasteiger partial charge < -0.3 is 5.11 Å². The van der Waals surface area contributed by atoms with Crippen molar-refractivity contribution in [2.24, 2.45) is 0 Å². The summed E-state index contributed by atoms with van der Waals surface area (Å²) < 4.78 is 0. The van der Waals surface area contributed by atoms with Gasteiger partial charge in [0.15, 0.2) is 0 Å². The van der Waals surface area contributed by atoms with E-state index < -0.39 is 5.97 Å². The molecule has 0 saturated heterocycles. The van der Waals surface area contributed by atoms with E-state index in [0.29, 0.717) is 5.56 Å². The number of fused-ring (bicyclic) bond motifs is 3. The molecular formula is C16H12O2. The molecule has 88 valence electrons. The van der Waals surface area contributed by atoms with Crippen molar-refractivity contribution in [1.29, 1.82) is 0 Å². The maximum absolute atomic E-state index is 11.3. The largest absolute Gasteiger partial charge is 0.478 e. The Morgan fingerprint density at radius 3 is 2.39 bits per heavy atom. The summed E-state index contributed by atoms with van der Waals surface area (Å²) in [6.07, 6.45) is 0. The molecule has 0 aromatic heterocycles. The smallest absolute Gasteiger partial charge is 0.336 e. The number of carboxylic acids is 1. The third-order valence-corrected chi connectivity index (χ3v) is 3.25. The van der Waals surface area contributed by atoms with Crippen LogP contribution in [-0.2, 0) is 0 Å². The fourth-order valence-corrected chi connectivity index (χ4v) is 2.39. The monoisotopic (exact) mass is 236 g/mol. The van der Waals surface area contributed by atoms with Crippen LogP contribution in [0.15, 0.2) is 48.5 Å². The van der Waals surface area contributed by atoms with Gasteiger partial charge in [-0.15, -0.1) is 0 Å². The zero-order chi connectivity index (χ0) is 12.7. The molecule has 0 aliphatic carbocycles. The highest BCUT2D eigenvalue weighted by Crippen LogP contribution is 2.29. The Kier molecular flexibility index (Phi) is 2.30. The third kappa shape index (κ3) is 1.54. The first kappa shape index (κ1) is 10.8. The minimum atomic E-state index is -0.881. The van der Waals surface area contributed by atoms with E-state index in [-0.39, 0.29) is 0 Å². The lowest BCUT2D eigenvalue weighted by atomic mass is 9.96. The molecule has 0 saturated carbocycles. The summed E-state index contributed by atoms with van der Waals surface area (Å²) in [5.41, 5.74) is 1.54. The summed E-state index contributed by atoms with van der Waals surface area (Å²) in [6.45, 7) is 2.04. The van der Waals surface area contributed by atoms with E-state index in [4.69, 9.17) is 0 Å². The third-order valence-electron chi connectivity index (χ3n) is 3.25. The second-order valence-electron chi connectivity index (χ2n) is 4.50. The first-order valence-corrected chi connectivity index (χ1v) is 5.82. The van der Waals surface area contributed by atoms with Crippen LogP contribution in [0.4, 0.5) is 0 Å². The van der Waals surface area contributed by atoms with Gasteiger partial charge in [0.05, 0.1) is 5.56 Å². The molecule has 0 atom stereocenters. The van der Waals surface area contributed by atoms with E-state index in [2.05, 4.69) is 6.07 Å². The summed E-state index contributed by atoms with van der Waals surface area (Å²) in [6, 6.07) is 15.5. The minimum Gasteiger partial charge on any atom is -0.478 e. The second-order valence-corrected chi connectivity index (χ2v) is 4.50. The Morgan fingerprint density at radius 1 is 0.944 bits per heavy atom. The topological polar surface area (TPSA) is 37.3 Å². The van der Waals surface area contributed by atoms with Crippen LogP contribution < -0.4 is 0 Å². The van der Waals surface area contributed by atoms with Crippen molar-refractivity contribution in [2.75, 3.05) is 0 Å². The number of aryl methyl sites for hydroxylation is 1. The van der Waals surface area contributed by atoms with Gasteiger partial charge in [0, 0.05) is 0 Å². The Bertz CT molecular complexity index is 772. The Morgan fingerprint density at radius 2 is 1.67 bits per heavy atom. The molecule has 3 rings (SSSR count). The quantitative estimate of drug-likeness (QED) is 0.648. The van der Waals surface area contributed by atoms with Gasteiger partial charge in [0.25, 0.3) is 0 Å². The van der Waals surface area contributed by atoms with Crippen molar-refractivity contribution in [1.82, 2.24) is 0 Å². The highest BCUT2D eigenvalue weighted by molar-refractivity contribution is 6.15. The molecule has 0 amide bonds. The van der Waals surface area contributed by atoms with E-state index in [1.54, 1.807) is 6.07 Å². The molecule has 0 fully saturated rings. The Balaban J connectivity index is 2.57. The molecule has 18 heavy (non-hydrogen) atoms. The summed E-state index contributed by atoms with van der Waals surface area (Å²) in [5.74, 6) is -0.881. The molecule has 0 heterocycles. The first-order valence-electron chi connectivity index (χ1n) is 5.82. The first-order chi connectivity index (χ1) is 8.66. The molecule has 2 heteroatoms. The lowest BCUT2D eigenvalue weighted by molar-refractivity contribution is 0.0699. The maximum atomic E-state index is 11.3. The van der Waals surface area contributed by atoms with Crippen LogP contribution in [0.2, 0.25) is 0 Å². The summed E-state index contributed by atoms with van der Waals surface area (Å²) in [4.78, 5) is 11.3. The number of rotatable bonds is 1. The van der Waals surface area contributed by atoms with Gasteiger partial charge in [-0.1, -0.05) is 48.0 Å². The van der Waals surface area contributed by atoms with Gasteiger partial charge >= 0.3 is 5.97 Å². The van der Waals surface area contributed by atoms with Crippen molar-refractivity contribution in [2.45, 2.75) is 6.92 Å². The second kappa shape index (κ2) is 3.84. The number of carboxylic acid groups (broad SMARTS) is 1. The SMILES string of the molecule is Cc1ccc2cc(C(=O)O)c3ccccc3c2c1. The van der Waals surface area contributed by atoms with Crippen LogP contribution in [-0.4, -0.2) is 11.1 Å². The average Bonchev–Trinajstić information content (AvgIpc) is 2.37. The van der Waals surface area contributed by atoms with Crippen molar-refractivity contribution in [3.05, 3.63) is 59.7 Å². The Labute approximate surface area is 104 Å². The van der Waals surface area contributed by atoms with Gasteiger partial charge in [-0.05, 0) is 34.5 Å². The van der Waals surface area contributed by atoms with Gasteiger partial charge in [-0.2, -0.15) is 0 Å². The van der Waals surface area contributed by atoms with Crippen molar-refractivity contribution >= 4 is 27.5 Å². The standard InChI is InChI=1S/C16H12O2/c1-10-6-7-11-9-15(16(17)18)13-5-3-2-4-12(13)14(11)8-10/h2-9H,1H3,(H,17,18). The molecule has 0 aliphatic heterocycles. The lowest BCUT2D eigenvalue weighted by Crippen LogP contribution is -1.98. The number of aromatic carboxylic acids is 1. The van der Waals surface area contributed by atoms with E-state index in [0.717, 1.165) is 21.5 Å². The number of hydrogen-bond acceptors (Lipinski definition) is 1. The van der Waals surface area contributed by atoms with E-state index in [9.17, 15) is 9.90 Å². The number of hydrogen-bond donors (Lipinski definition) is 1. The molecule has 0 unspecified atom stereocenters. The fourth-order valence-electron chi connectivity index (χ4n) is 2.39. The van der Waals surface area contributed by atoms with E-state index >= 15 is 0 Å². The van der Waals surface area contributed by atoms with Crippen LogP contribution in [0.25, 0.3) is 21.5 Å². The number of carbonyl (C=O) groups is 1. The molecule has 0 radical (unpaired) electrons. The lowest BCUT2D eigenvalue weighted by Gasteiger charge is -2.08. The molecule has 3 aromatic rings. The fraction of sp³-hybridized carbons (Fsp3) is 0.0625. The minimum absolute atomic E-state index is 0.363. The average molecular weight is 236 g/mol. The summed E-state index contributed by atoms with van der Waals surface area (Å²) in [5, 5.41) is 13.2. The predicted molar refractivity (Wildman–Crippen MR) is 73.2 cm³/mol. The van der Waals surface area contributed by atoms with Crippen molar-refractivity contribution < 1.29 is 9.90 Å². The van der Waals surface area contributed by atoms with Gasteiger partial charge in [-0.25, -0.2) is 4.79 Å². The van der Waals surface area contributed by atoms with E-state index in [1.165, 1.54) is 5.56 Å². The van der Waals surface area contributed by atoms with Crippen LogP contribution in [0, 0.1) is 6.92 Å². The van der Waals surface area contributed by atoms with Crippen LogP contribution in [0.3, 0.4) is 0 Å². The van der Waals surface area contributed by atoms with Crippen molar-refractivity contribution in [3.8, 4) is 0 Å². The van der Waals surface area contributed by atoms with Gasteiger partial charge in [0.2, 0.25) is 0 Å². The zero-order valence-electron chi connectivity index (χ0n) is 9.97. The molecule has 0 aliphatic rings. The molecule has 2 nitrogen and oxygen atoms in total. The van der Waals surface area contributed by atoms with Crippen LogP contribution in [0.1, 0.15) is 15.9 Å². The highest BCUT2D eigenvalue weighted by Gasteiger charge is 2.11. The van der Waals surface area contributed by atoms with Gasteiger partial charge in [-0.3, -0.25) is 0 Å². The molecule has 0 spiro atoms. The Hall–Kier alpha value is -2.35. The zero-order valence-corrected chi connectivity index (χ0v) is 9.97.